The standard InChI is InChI=1S/C15H11F3O3/c16-15(17,18)12-3-1-2-4-13(12)21-11-7-5-10(6-8-11)9-14(19)20/h1-8H,9H2,(H,19,20). The Balaban J connectivity index is 2.21. The number of carbonyl (C=O) groups is 1. The minimum absolute atomic E-state index is 0.153. The lowest BCUT2D eigenvalue weighted by atomic mass is 10.1. The Labute approximate surface area is 118 Å². The summed E-state index contributed by atoms with van der Waals surface area (Å²) >= 11 is 0. The van der Waals surface area contributed by atoms with Crippen LogP contribution >= 0.6 is 0 Å². The SMILES string of the molecule is O=C(O)Cc1ccc(Oc2ccccc2C(F)(F)F)cc1. The van der Waals surface area contributed by atoms with Crippen LogP contribution in [-0.4, -0.2) is 11.1 Å². The average Bonchev–Trinajstić information content (AvgIpc) is 2.40. The molecule has 110 valence electrons. The fourth-order valence-electron chi connectivity index (χ4n) is 1.77. The van der Waals surface area contributed by atoms with Crippen LogP contribution in [0.3, 0.4) is 0 Å². The summed E-state index contributed by atoms with van der Waals surface area (Å²) in [6.07, 6.45) is -4.65. The van der Waals surface area contributed by atoms with Crippen LogP contribution in [0.5, 0.6) is 11.5 Å². The molecule has 2 aromatic rings. The maximum absolute atomic E-state index is 12.8. The van der Waals surface area contributed by atoms with Crippen molar-refractivity contribution in [2.24, 2.45) is 0 Å². The summed E-state index contributed by atoms with van der Waals surface area (Å²) in [6, 6.07) is 10.8. The maximum Gasteiger partial charge on any atom is 0.419 e. The Morgan fingerprint density at radius 1 is 1.05 bits per heavy atom. The van der Waals surface area contributed by atoms with E-state index in [2.05, 4.69) is 0 Å². The first kappa shape index (κ1) is 14.9. The lowest BCUT2D eigenvalue weighted by Crippen LogP contribution is -2.06. The summed E-state index contributed by atoms with van der Waals surface area (Å²) in [6.45, 7) is 0. The molecule has 0 fully saturated rings. The molecule has 0 bridgehead atoms. The van der Waals surface area contributed by atoms with Gasteiger partial charge in [-0.1, -0.05) is 24.3 Å². The predicted molar refractivity (Wildman–Crippen MR) is 69.3 cm³/mol. The molecule has 0 radical (unpaired) electrons. The van der Waals surface area contributed by atoms with Crippen molar-refractivity contribution in [3.63, 3.8) is 0 Å². The molecule has 0 saturated carbocycles. The Kier molecular flexibility index (Phi) is 4.16. The first-order valence-electron chi connectivity index (χ1n) is 6.01. The Morgan fingerprint density at radius 2 is 1.67 bits per heavy atom. The van der Waals surface area contributed by atoms with Gasteiger partial charge in [0.2, 0.25) is 0 Å². The predicted octanol–water partition coefficient (Wildman–Crippen LogP) is 4.12. The average molecular weight is 296 g/mol. The molecule has 2 rings (SSSR count). The van der Waals surface area contributed by atoms with Crippen molar-refractivity contribution < 1.29 is 27.8 Å². The van der Waals surface area contributed by atoms with Gasteiger partial charge >= 0.3 is 12.1 Å². The van der Waals surface area contributed by atoms with E-state index in [0.29, 0.717) is 5.56 Å². The third-order valence-corrected chi connectivity index (χ3v) is 2.70. The van der Waals surface area contributed by atoms with E-state index in [1.807, 2.05) is 0 Å². The molecular weight excluding hydrogens is 285 g/mol. The summed E-state index contributed by atoms with van der Waals surface area (Å²) in [5.41, 5.74) is -0.321. The van der Waals surface area contributed by atoms with Gasteiger partial charge in [-0.25, -0.2) is 0 Å². The molecule has 0 unspecified atom stereocenters. The highest BCUT2D eigenvalue weighted by Gasteiger charge is 2.34. The summed E-state index contributed by atoms with van der Waals surface area (Å²) < 4.78 is 43.7. The highest BCUT2D eigenvalue weighted by atomic mass is 19.4. The maximum atomic E-state index is 12.8. The van der Waals surface area contributed by atoms with Crippen molar-refractivity contribution in [1.29, 1.82) is 0 Å². The number of ether oxygens (including phenoxy) is 1. The highest BCUT2D eigenvalue weighted by Crippen LogP contribution is 2.37. The van der Waals surface area contributed by atoms with Crippen molar-refractivity contribution in [2.75, 3.05) is 0 Å². The smallest absolute Gasteiger partial charge is 0.419 e. The van der Waals surface area contributed by atoms with E-state index in [4.69, 9.17) is 9.84 Å². The summed E-state index contributed by atoms with van der Waals surface area (Å²) in [5.74, 6) is -1.07. The van der Waals surface area contributed by atoms with E-state index in [1.54, 1.807) is 0 Å². The van der Waals surface area contributed by atoms with Crippen molar-refractivity contribution in [1.82, 2.24) is 0 Å². The lowest BCUT2D eigenvalue weighted by Gasteiger charge is -2.13. The van der Waals surface area contributed by atoms with Gasteiger partial charge < -0.3 is 9.84 Å². The highest BCUT2D eigenvalue weighted by molar-refractivity contribution is 5.70. The van der Waals surface area contributed by atoms with E-state index in [-0.39, 0.29) is 17.9 Å². The Morgan fingerprint density at radius 3 is 2.24 bits per heavy atom. The van der Waals surface area contributed by atoms with Gasteiger partial charge in [0.25, 0.3) is 0 Å². The molecular formula is C15H11F3O3. The molecule has 0 amide bonds. The normalized spacial score (nSPS) is 11.2. The molecule has 0 aliphatic rings. The van der Waals surface area contributed by atoms with Crippen LogP contribution in [0, 0.1) is 0 Å². The molecule has 0 heterocycles. The third kappa shape index (κ3) is 3.98. The van der Waals surface area contributed by atoms with Crippen LogP contribution in [0.25, 0.3) is 0 Å². The first-order chi connectivity index (χ1) is 9.86. The third-order valence-electron chi connectivity index (χ3n) is 2.70. The molecule has 2 aromatic carbocycles. The summed E-state index contributed by atoms with van der Waals surface area (Å²) in [5, 5.41) is 8.64. The topological polar surface area (TPSA) is 46.5 Å². The second-order valence-corrected chi connectivity index (χ2v) is 4.31. The van der Waals surface area contributed by atoms with Crippen LogP contribution in [0.2, 0.25) is 0 Å². The monoisotopic (exact) mass is 296 g/mol. The van der Waals surface area contributed by atoms with E-state index in [0.717, 1.165) is 6.07 Å². The van der Waals surface area contributed by atoms with Gasteiger partial charge in [-0.2, -0.15) is 13.2 Å². The molecule has 0 atom stereocenters. The van der Waals surface area contributed by atoms with Gasteiger partial charge in [-0.3, -0.25) is 4.79 Å². The molecule has 6 heteroatoms. The quantitative estimate of drug-likeness (QED) is 0.923. The van der Waals surface area contributed by atoms with Gasteiger partial charge in [-0.15, -0.1) is 0 Å². The van der Waals surface area contributed by atoms with Crippen molar-refractivity contribution in [3.05, 3.63) is 59.7 Å². The minimum atomic E-state index is -4.50. The van der Waals surface area contributed by atoms with Crippen LogP contribution in [0.4, 0.5) is 13.2 Å². The summed E-state index contributed by atoms with van der Waals surface area (Å²) in [4.78, 5) is 10.5. The molecule has 0 aliphatic carbocycles. The van der Waals surface area contributed by atoms with Crippen molar-refractivity contribution in [3.8, 4) is 11.5 Å². The number of carboxylic acids is 1. The number of hydrogen-bond donors (Lipinski definition) is 1. The Hall–Kier alpha value is -2.50. The molecule has 0 spiro atoms. The number of carboxylic acid groups (broad SMARTS) is 1. The number of hydrogen-bond acceptors (Lipinski definition) is 2. The minimum Gasteiger partial charge on any atom is -0.481 e. The van der Waals surface area contributed by atoms with Gasteiger partial charge in [-0.05, 0) is 29.8 Å². The zero-order valence-electron chi connectivity index (χ0n) is 10.7. The van der Waals surface area contributed by atoms with E-state index < -0.39 is 17.7 Å². The number of rotatable bonds is 4. The molecule has 0 aliphatic heterocycles. The van der Waals surface area contributed by atoms with Gasteiger partial charge in [0, 0.05) is 0 Å². The number of alkyl halides is 3. The molecule has 1 N–H and O–H groups in total. The molecule has 0 aromatic heterocycles. The summed E-state index contributed by atoms with van der Waals surface area (Å²) in [7, 11) is 0. The second kappa shape index (κ2) is 5.87. The van der Waals surface area contributed by atoms with E-state index in [9.17, 15) is 18.0 Å². The number of para-hydroxylation sites is 1. The first-order valence-corrected chi connectivity index (χ1v) is 6.01. The van der Waals surface area contributed by atoms with E-state index in [1.165, 1.54) is 42.5 Å². The number of aliphatic carboxylic acids is 1. The Bertz CT molecular complexity index is 633. The van der Waals surface area contributed by atoms with E-state index >= 15 is 0 Å². The lowest BCUT2D eigenvalue weighted by molar-refractivity contribution is -0.138. The van der Waals surface area contributed by atoms with Gasteiger partial charge in [0.1, 0.15) is 11.5 Å². The van der Waals surface area contributed by atoms with Crippen LogP contribution in [-0.2, 0) is 17.4 Å². The van der Waals surface area contributed by atoms with Crippen molar-refractivity contribution >= 4 is 5.97 Å². The molecule has 3 nitrogen and oxygen atoms in total. The fraction of sp³-hybridized carbons (Fsp3) is 0.133. The zero-order valence-corrected chi connectivity index (χ0v) is 10.7. The fourth-order valence-corrected chi connectivity index (χ4v) is 1.77. The van der Waals surface area contributed by atoms with Crippen LogP contribution < -0.4 is 4.74 Å². The molecule has 0 saturated heterocycles. The number of benzene rings is 2. The van der Waals surface area contributed by atoms with Crippen molar-refractivity contribution in [2.45, 2.75) is 12.6 Å². The van der Waals surface area contributed by atoms with Gasteiger partial charge in [0.05, 0.1) is 12.0 Å². The number of halogens is 3. The van der Waals surface area contributed by atoms with Crippen LogP contribution in [0.1, 0.15) is 11.1 Å². The van der Waals surface area contributed by atoms with Crippen LogP contribution in [0.15, 0.2) is 48.5 Å². The largest absolute Gasteiger partial charge is 0.481 e. The second-order valence-electron chi connectivity index (χ2n) is 4.31. The zero-order chi connectivity index (χ0) is 15.5. The molecule has 21 heavy (non-hydrogen) atoms. The van der Waals surface area contributed by atoms with Gasteiger partial charge in [0.15, 0.2) is 0 Å².